The number of para-hydroxylation sites is 1. The van der Waals surface area contributed by atoms with Crippen LogP contribution in [0.1, 0.15) is 101 Å². The van der Waals surface area contributed by atoms with Crippen molar-refractivity contribution in [3.05, 3.63) is 262 Å². The lowest BCUT2D eigenvalue weighted by Gasteiger charge is -2.35. The first-order chi connectivity index (χ1) is 39.5. The molecule has 418 valence electrons. The third-order valence-corrected chi connectivity index (χ3v) is 16.7. The van der Waals surface area contributed by atoms with Crippen molar-refractivity contribution in [2.24, 2.45) is 7.05 Å². The van der Waals surface area contributed by atoms with E-state index in [1.807, 2.05) is 0 Å². The number of aryl methyl sites for hydroxylation is 5. The quantitative estimate of drug-likeness (QED) is 0.121. The van der Waals surface area contributed by atoms with Crippen molar-refractivity contribution in [3.8, 4) is 0 Å². The van der Waals surface area contributed by atoms with Crippen LogP contribution in [0, 0.1) is 27.7 Å². The number of benzene rings is 10. The van der Waals surface area contributed by atoms with Gasteiger partial charge >= 0.3 is 0 Å². The molecule has 83 heavy (non-hydrogen) atoms. The van der Waals surface area contributed by atoms with Gasteiger partial charge in [0.25, 0.3) is 0 Å². The van der Waals surface area contributed by atoms with E-state index in [0.29, 0.717) is 5.02 Å². The van der Waals surface area contributed by atoms with E-state index in [9.17, 15) is 0 Å². The van der Waals surface area contributed by atoms with Gasteiger partial charge < -0.3 is 24.2 Å². The molecule has 0 saturated heterocycles. The zero-order chi connectivity index (χ0) is 58.7. The largest absolute Gasteiger partial charge is 0.342 e. The van der Waals surface area contributed by atoms with Crippen molar-refractivity contribution < 1.29 is 0 Å². The summed E-state index contributed by atoms with van der Waals surface area (Å²) in [6.07, 6.45) is 0. The van der Waals surface area contributed by atoms with Crippen molar-refractivity contribution in [1.82, 2.24) is 4.57 Å². The molecular formula is C77H78ClN5. The summed E-state index contributed by atoms with van der Waals surface area (Å²) in [6, 6.07) is 80.8. The van der Waals surface area contributed by atoms with Gasteiger partial charge in [-0.15, -0.1) is 0 Å². The van der Waals surface area contributed by atoms with E-state index in [2.05, 4.69) is 340 Å². The van der Waals surface area contributed by atoms with E-state index in [1.165, 1.54) is 38.8 Å². The number of anilines is 12. The summed E-state index contributed by atoms with van der Waals surface area (Å²) in [5, 5.41) is 2.93. The summed E-state index contributed by atoms with van der Waals surface area (Å²) >= 11 is 8.48. The molecule has 0 aliphatic rings. The van der Waals surface area contributed by atoms with E-state index in [1.54, 1.807) is 0 Å². The number of aromatic nitrogens is 1. The number of nitrogens with zero attached hydrogens (tertiary/aromatic N) is 5. The monoisotopic (exact) mass is 1110 g/mol. The van der Waals surface area contributed by atoms with E-state index in [4.69, 9.17) is 11.6 Å². The summed E-state index contributed by atoms with van der Waals surface area (Å²) < 4.78 is 2.36. The fourth-order valence-corrected chi connectivity index (χ4v) is 11.7. The van der Waals surface area contributed by atoms with Crippen LogP contribution >= 0.6 is 11.6 Å². The number of hydrogen-bond acceptors (Lipinski definition) is 4. The molecule has 0 fully saturated rings. The second-order valence-corrected chi connectivity index (χ2v) is 26.2. The lowest BCUT2D eigenvalue weighted by atomic mass is 9.85. The minimum Gasteiger partial charge on any atom is -0.342 e. The Balaban J connectivity index is 1.22. The first-order valence-electron chi connectivity index (χ1n) is 29.2. The number of hydrogen-bond donors (Lipinski definition) is 0. The number of fused-ring (bicyclic) bond motifs is 3. The van der Waals surface area contributed by atoms with Crippen LogP contribution in [0.15, 0.2) is 218 Å². The predicted molar refractivity (Wildman–Crippen MR) is 359 cm³/mol. The SMILES string of the molecule is Cc1ccc(N(c2ccc(C)cc2)c2cccc(N(c3ccc(C(C)(C)C)cc3)c3cc(C(C)(C)C)cc(N(c4ccc(C(C)(C)C)cc4)c4cc(N(c5ccc(C)cc5)c5ccc(C)cc5)c5c(c4)c4ccccc4n5C)c3Cl)c2)cc1. The highest BCUT2D eigenvalue weighted by molar-refractivity contribution is 6.37. The van der Waals surface area contributed by atoms with Crippen LogP contribution in [0.2, 0.25) is 5.02 Å². The first kappa shape index (κ1) is 56.4. The Labute approximate surface area is 498 Å². The van der Waals surface area contributed by atoms with Gasteiger partial charge in [-0.25, -0.2) is 0 Å². The molecule has 11 rings (SSSR count). The summed E-state index contributed by atoms with van der Waals surface area (Å²) in [5.74, 6) is 0. The molecule has 5 nitrogen and oxygen atoms in total. The van der Waals surface area contributed by atoms with Crippen LogP contribution in [-0.4, -0.2) is 4.57 Å². The van der Waals surface area contributed by atoms with E-state index >= 15 is 0 Å². The second kappa shape index (κ2) is 22.0. The molecule has 10 aromatic carbocycles. The molecule has 0 atom stereocenters. The van der Waals surface area contributed by atoms with Gasteiger partial charge in [0.2, 0.25) is 0 Å². The highest BCUT2D eigenvalue weighted by Crippen LogP contribution is 2.53. The third kappa shape index (κ3) is 11.3. The van der Waals surface area contributed by atoms with Crippen molar-refractivity contribution in [3.63, 3.8) is 0 Å². The molecule has 0 N–H and O–H groups in total. The predicted octanol–water partition coefficient (Wildman–Crippen LogP) is 23.0. The summed E-state index contributed by atoms with van der Waals surface area (Å²) in [5.41, 5.74) is 22.4. The Morgan fingerprint density at radius 1 is 0.301 bits per heavy atom. The van der Waals surface area contributed by atoms with Crippen LogP contribution < -0.4 is 19.6 Å². The summed E-state index contributed by atoms with van der Waals surface area (Å²) in [7, 11) is 2.20. The highest BCUT2D eigenvalue weighted by atomic mass is 35.5. The van der Waals surface area contributed by atoms with Crippen molar-refractivity contribution in [1.29, 1.82) is 0 Å². The molecule has 0 aliphatic heterocycles. The van der Waals surface area contributed by atoms with Crippen LogP contribution in [0.3, 0.4) is 0 Å². The summed E-state index contributed by atoms with van der Waals surface area (Å²) in [4.78, 5) is 9.56. The minimum absolute atomic E-state index is 0.0512. The average molecular weight is 1110 g/mol. The highest BCUT2D eigenvalue weighted by Gasteiger charge is 2.30. The molecule has 0 saturated carbocycles. The molecule has 1 aromatic heterocycles. The number of halogens is 1. The van der Waals surface area contributed by atoms with Gasteiger partial charge in [0, 0.05) is 74.5 Å². The van der Waals surface area contributed by atoms with E-state index < -0.39 is 0 Å². The zero-order valence-electron chi connectivity index (χ0n) is 50.9. The lowest BCUT2D eigenvalue weighted by molar-refractivity contribution is 0.589. The van der Waals surface area contributed by atoms with Gasteiger partial charge in [0.15, 0.2) is 0 Å². The van der Waals surface area contributed by atoms with Gasteiger partial charge in [0.05, 0.1) is 27.6 Å². The topological polar surface area (TPSA) is 17.9 Å². The Morgan fingerprint density at radius 2 is 0.651 bits per heavy atom. The van der Waals surface area contributed by atoms with Crippen LogP contribution in [-0.2, 0) is 23.3 Å². The Morgan fingerprint density at radius 3 is 1.06 bits per heavy atom. The van der Waals surface area contributed by atoms with Gasteiger partial charge in [-0.05, 0) is 182 Å². The van der Waals surface area contributed by atoms with E-state index in [-0.39, 0.29) is 16.2 Å². The molecule has 0 unspecified atom stereocenters. The maximum Gasteiger partial charge on any atom is 0.0887 e. The Hall–Kier alpha value is -8.51. The zero-order valence-corrected chi connectivity index (χ0v) is 51.7. The van der Waals surface area contributed by atoms with Crippen LogP contribution in [0.5, 0.6) is 0 Å². The minimum atomic E-state index is -0.300. The van der Waals surface area contributed by atoms with Gasteiger partial charge in [-0.3, -0.25) is 0 Å². The van der Waals surface area contributed by atoms with Crippen LogP contribution in [0.4, 0.5) is 68.2 Å². The summed E-state index contributed by atoms with van der Waals surface area (Å²) in [6.45, 7) is 29.1. The number of rotatable bonds is 12. The Kier molecular flexibility index (Phi) is 14.9. The van der Waals surface area contributed by atoms with Gasteiger partial charge in [0.1, 0.15) is 0 Å². The lowest BCUT2D eigenvalue weighted by Crippen LogP contribution is -2.20. The van der Waals surface area contributed by atoms with Crippen molar-refractivity contribution in [2.45, 2.75) is 106 Å². The first-order valence-corrected chi connectivity index (χ1v) is 29.5. The molecule has 0 amide bonds. The molecule has 0 bridgehead atoms. The molecule has 0 radical (unpaired) electrons. The smallest absolute Gasteiger partial charge is 0.0887 e. The maximum atomic E-state index is 8.48. The maximum absolute atomic E-state index is 8.48. The molecule has 0 aliphatic carbocycles. The molecular weight excluding hydrogens is 1030 g/mol. The molecule has 1 heterocycles. The Bertz CT molecular complexity index is 4020. The fourth-order valence-electron chi connectivity index (χ4n) is 11.4. The standard InChI is InChI=1S/C77H78ClN5/c1-51-22-34-58(35-23-51)80(59-36-24-52(2)25-37-59)64-18-17-19-65(48-64)82(62-42-30-55(31-43-62)75(5,6)7)70-46-57(77(11,12)13)47-71(73(70)78)83(63-44-32-56(33-45-63)76(8,9)10)66-49-68-67-20-15-16-21-69(67)79(14)74(68)72(50-66)81(60-38-26-53(3)27-39-60)61-40-28-54(4)29-41-61/h15-50H,1-14H3. The fraction of sp³-hybridized carbons (Fsp3) is 0.221. The molecule has 6 heteroatoms. The van der Waals surface area contributed by atoms with E-state index in [0.717, 1.165) is 90.2 Å². The van der Waals surface area contributed by atoms with Crippen molar-refractivity contribution >= 4 is 102 Å². The van der Waals surface area contributed by atoms with Crippen molar-refractivity contribution in [2.75, 3.05) is 19.6 Å². The molecule has 11 aromatic rings. The van der Waals surface area contributed by atoms with Gasteiger partial charge in [-0.2, -0.15) is 0 Å². The average Bonchev–Trinajstić information content (AvgIpc) is 4.05. The third-order valence-electron chi connectivity index (χ3n) is 16.3. The van der Waals surface area contributed by atoms with Crippen LogP contribution in [0.25, 0.3) is 21.8 Å². The van der Waals surface area contributed by atoms with Gasteiger partial charge in [-0.1, -0.05) is 193 Å². The normalized spacial score (nSPS) is 12.0. The molecule has 0 spiro atoms. The second-order valence-electron chi connectivity index (χ2n) is 25.8.